The lowest BCUT2D eigenvalue weighted by atomic mass is 10.1. The largest absolute Gasteiger partial charge is 0.332 e. The van der Waals surface area contributed by atoms with Gasteiger partial charge in [-0.1, -0.05) is 40.9 Å². The van der Waals surface area contributed by atoms with Crippen molar-refractivity contribution in [1.82, 2.24) is 4.98 Å². The summed E-state index contributed by atoms with van der Waals surface area (Å²) in [6, 6.07) is 13.0. The minimum Gasteiger partial charge on any atom is -0.332 e. The van der Waals surface area contributed by atoms with Gasteiger partial charge in [0.05, 0.1) is 15.7 Å². The van der Waals surface area contributed by atoms with E-state index in [0.29, 0.717) is 15.1 Å². The number of rotatable bonds is 3. The third-order valence-electron chi connectivity index (χ3n) is 3.09. The smallest absolute Gasteiger partial charge is 0.187 e. The van der Waals surface area contributed by atoms with Gasteiger partial charge in [-0.2, -0.15) is 0 Å². The normalized spacial score (nSPS) is 10.7. The quantitative estimate of drug-likeness (QED) is 0.547. The molecule has 0 aliphatic carbocycles. The monoisotopic (exact) mass is 368 g/mol. The van der Waals surface area contributed by atoms with Crippen molar-refractivity contribution in [2.45, 2.75) is 6.92 Å². The maximum Gasteiger partial charge on any atom is 0.187 e. The van der Waals surface area contributed by atoms with E-state index in [1.807, 2.05) is 43.3 Å². The van der Waals surface area contributed by atoms with E-state index in [2.05, 4.69) is 10.3 Å². The summed E-state index contributed by atoms with van der Waals surface area (Å²) in [4.78, 5) is 5.75. The minimum absolute atomic E-state index is 0.527. The molecule has 22 heavy (non-hydrogen) atoms. The van der Waals surface area contributed by atoms with Gasteiger partial charge in [-0.25, -0.2) is 4.98 Å². The van der Waals surface area contributed by atoms with Crippen LogP contribution in [0, 0.1) is 6.92 Å². The molecule has 0 aliphatic rings. The van der Waals surface area contributed by atoms with Gasteiger partial charge in [0, 0.05) is 21.2 Å². The second-order valence-electron chi connectivity index (χ2n) is 4.68. The lowest BCUT2D eigenvalue weighted by molar-refractivity contribution is 1.36. The zero-order valence-electron chi connectivity index (χ0n) is 11.5. The topological polar surface area (TPSA) is 24.9 Å². The third kappa shape index (κ3) is 3.39. The summed E-state index contributed by atoms with van der Waals surface area (Å²) in [5.74, 6) is 0. The number of aromatic nitrogens is 1. The molecule has 1 aromatic heterocycles. The molecule has 0 saturated carbocycles. The van der Waals surface area contributed by atoms with E-state index >= 15 is 0 Å². The van der Waals surface area contributed by atoms with Crippen molar-refractivity contribution in [3.05, 3.63) is 62.4 Å². The van der Waals surface area contributed by atoms with Crippen LogP contribution in [0.2, 0.25) is 15.1 Å². The zero-order chi connectivity index (χ0) is 15.7. The van der Waals surface area contributed by atoms with Gasteiger partial charge >= 0.3 is 0 Å². The zero-order valence-corrected chi connectivity index (χ0v) is 14.6. The molecule has 2 aromatic carbocycles. The van der Waals surface area contributed by atoms with Gasteiger partial charge in [0.15, 0.2) is 5.13 Å². The second kappa shape index (κ2) is 6.47. The molecular formula is C16H11Cl3N2S. The Kier molecular flexibility index (Phi) is 4.59. The van der Waals surface area contributed by atoms with Gasteiger partial charge in [-0.15, -0.1) is 11.3 Å². The number of thiazole rings is 1. The van der Waals surface area contributed by atoms with E-state index in [1.165, 1.54) is 0 Å². The van der Waals surface area contributed by atoms with E-state index in [-0.39, 0.29) is 0 Å². The van der Waals surface area contributed by atoms with Crippen molar-refractivity contribution in [3.8, 4) is 11.3 Å². The molecule has 0 aliphatic heterocycles. The van der Waals surface area contributed by atoms with E-state index in [1.54, 1.807) is 17.4 Å². The number of nitrogens with zero attached hydrogens (tertiary/aromatic N) is 1. The van der Waals surface area contributed by atoms with Gasteiger partial charge in [-0.3, -0.25) is 0 Å². The van der Waals surface area contributed by atoms with E-state index in [9.17, 15) is 0 Å². The number of hydrogen-bond acceptors (Lipinski definition) is 3. The second-order valence-corrected chi connectivity index (χ2v) is 7.14. The first-order valence-corrected chi connectivity index (χ1v) is 8.43. The Morgan fingerprint density at radius 3 is 2.36 bits per heavy atom. The number of hydrogen-bond donors (Lipinski definition) is 1. The molecule has 0 spiro atoms. The van der Waals surface area contributed by atoms with Gasteiger partial charge in [0.2, 0.25) is 0 Å². The average molecular weight is 370 g/mol. The lowest BCUT2D eigenvalue weighted by Crippen LogP contribution is -1.89. The lowest BCUT2D eigenvalue weighted by Gasteiger charge is -2.02. The molecule has 6 heteroatoms. The first kappa shape index (κ1) is 15.6. The van der Waals surface area contributed by atoms with Crippen LogP contribution in [-0.4, -0.2) is 4.98 Å². The minimum atomic E-state index is 0.527. The number of nitrogens with one attached hydrogen (secondary N) is 1. The van der Waals surface area contributed by atoms with Gasteiger partial charge in [0.1, 0.15) is 0 Å². The molecule has 0 atom stereocenters. The highest BCUT2D eigenvalue weighted by Gasteiger charge is 2.11. The highest BCUT2D eigenvalue weighted by Crippen LogP contribution is 2.34. The number of benzene rings is 2. The summed E-state index contributed by atoms with van der Waals surface area (Å²) in [6.45, 7) is 2.03. The Hall–Kier alpha value is -1.26. The summed E-state index contributed by atoms with van der Waals surface area (Å²) in [5, 5.41) is 5.87. The summed E-state index contributed by atoms with van der Waals surface area (Å²) in [5.41, 5.74) is 2.80. The summed E-state index contributed by atoms with van der Waals surface area (Å²) >= 11 is 19.5. The Morgan fingerprint density at radius 1 is 0.955 bits per heavy atom. The van der Waals surface area contributed by atoms with Crippen molar-refractivity contribution in [1.29, 1.82) is 0 Å². The molecule has 0 saturated heterocycles. The molecule has 1 heterocycles. The number of anilines is 2. The van der Waals surface area contributed by atoms with Crippen LogP contribution in [0.15, 0.2) is 42.5 Å². The number of aryl methyl sites for hydroxylation is 1. The fraction of sp³-hybridized carbons (Fsp3) is 0.0625. The molecule has 112 valence electrons. The Bertz CT molecular complexity index is 813. The maximum absolute atomic E-state index is 6.08. The molecule has 0 fully saturated rings. The van der Waals surface area contributed by atoms with Gasteiger partial charge < -0.3 is 5.32 Å². The Balaban J connectivity index is 1.90. The SMILES string of the molecule is Cc1sc(Nc2ccc(Cl)cc2)nc1-c1ccc(Cl)c(Cl)c1. The third-order valence-corrected chi connectivity index (χ3v) is 4.96. The van der Waals surface area contributed by atoms with Crippen LogP contribution in [0.25, 0.3) is 11.3 Å². The summed E-state index contributed by atoms with van der Waals surface area (Å²) < 4.78 is 0. The van der Waals surface area contributed by atoms with Crippen molar-refractivity contribution < 1.29 is 0 Å². The van der Waals surface area contributed by atoms with Gasteiger partial charge in [0.25, 0.3) is 0 Å². The van der Waals surface area contributed by atoms with Crippen LogP contribution in [0.3, 0.4) is 0 Å². The van der Waals surface area contributed by atoms with Crippen LogP contribution < -0.4 is 5.32 Å². The molecule has 0 bridgehead atoms. The summed E-state index contributed by atoms with van der Waals surface area (Å²) in [6.07, 6.45) is 0. The molecule has 3 aromatic rings. The fourth-order valence-electron chi connectivity index (χ4n) is 2.02. The van der Waals surface area contributed by atoms with Crippen LogP contribution in [0.1, 0.15) is 4.88 Å². The molecule has 2 nitrogen and oxygen atoms in total. The Labute approximate surface area is 147 Å². The maximum atomic E-state index is 6.08. The van der Waals surface area contributed by atoms with Crippen molar-refractivity contribution in [3.63, 3.8) is 0 Å². The predicted octanol–water partition coefficient (Wildman–Crippen LogP) is 6.82. The molecule has 0 amide bonds. The van der Waals surface area contributed by atoms with E-state index in [4.69, 9.17) is 34.8 Å². The molecule has 0 unspecified atom stereocenters. The van der Waals surface area contributed by atoms with Crippen molar-refractivity contribution >= 4 is 57.0 Å². The van der Waals surface area contributed by atoms with Crippen LogP contribution >= 0.6 is 46.1 Å². The Morgan fingerprint density at radius 2 is 1.68 bits per heavy atom. The van der Waals surface area contributed by atoms with E-state index < -0.39 is 0 Å². The van der Waals surface area contributed by atoms with Gasteiger partial charge in [-0.05, 0) is 43.3 Å². The van der Waals surface area contributed by atoms with E-state index in [0.717, 1.165) is 27.0 Å². The van der Waals surface area contributed by atoms with Crippen molar-refractivity contribution in [2.75, 3.05) is 5.32 Å². The molecule has 0 radical (unpaired) electrons. The van der Waals surface area contributed by atoms with Crippen molar-refractivity contribution in [2.24, 2.45) is 0 Å². The molecular weight excluding hydrogens is 359 g/mol. The first-order chi connectivity index (χ1) is 10.5. The fourth-order valence-corrected chi connectivity index (χ4v) is 3.30. The van der Waals surface area contributed by atoms with Crippen LogP contribution in [-0.2, 0) is 0 Å². The highest BCUT2D eigenvalue weighted by molar-refractivity contribution is 7.16. The predicted molar refractivity (Wildman–Crippen MR) is 97.0 cm³/mol. The first-order valence-electron chi connectivity index (χ1n) is 6.48. The standard InChI is InChI=1S/C16H11Cl3N2S/c1-9-15(10-2-7-13(18)14(19)8-10)21-16(22-9)20-12-5-3-11(17)4-6-12/h2-8H,1H3,(H,20,21). The van der Waals surface area contributed by atoms with Crippen LogP contribution in [0.4, 0.5) is 10.8 Å². The number of halogens is 3. The van der Waals surface area contributed by atoms with Crippen LogP contribution in [0.5, 0.6) is 0 Å². The summed E-state index contributed by atoms with van der Waals surface area (Å²) in [7, 11) is 0. The average Bonchev–Trinajstić information content (AvgIpc) is 2.85. The molecule has 3 rings (SSSR count). The highest BCUT2D eigenvalue weighted by atomic mass is 35.5. The molecule has 1 N–H and O–H groups in total.